The molecule has 2 nitrogen and oxygen atoms in total. The van der Waals surface area contributed by atoms with E-state index >= 15 is 0 Å². The minimum Gasteiger partial charge on any atom is -0.316 e. The van der Waals surface area contributed by atoms with Crippen LogP contribution in [0.1, 0.15) is 39.5 Å². The molecule has 0 radical (unpaired) electrons. The zero-order valence-electron chi connectivity index (χ0n) is 11.0. The molecule has 0 aromatic carbocycles. The average Bonchev–Trinajstić information content (AvgIpc) is 2.76. The zero-order valence-corrected chi connectivity index (χ0v) is 11.0. The molecule has 2 aliphatic rings. The molecule has 0 aromatic rings. The van der Waals surface area contributed by atoms with E-state index in [0.29, 0.717) is 0 Å². The van der Waals surface area contributed by atoms with Crippen LogP contribution in [0.2, 0.25) is 0 Å². The Morgan fingerprint density at radius 1 is 1.31 bits per heavy atom. The van der Waals surface area contributed by atoms with Gasteiger partial charge in [0.2, 0.25) is 0 Å². The Labute approximate surface area is 101 Å². The number of hydrogen-bond donors (Lipinski definition) is 1. The normalized spacial score (nSPS) is 32.4. The summed E-state index contributed by atoms with van der Waals surface area (Å²) >= 11 is 0. The lowest BCUT2D eigenvalue weighted by atomic mass is 9.95. The first-order valence-electron chi connectivity index (χ1n) is 7.19. The fourth-order valence-electron chi connectivity index (χ4n) is 3.15. The van der Waals surface area contributed by atoms with E-state index in [0.717, 1.165) is 17.8 Å². The van der Waals surface area contributed by atoms with Gasteiger partial charge in [0.05, 0.1) is 0 Å². The molecule has 2 aliphatic heterocycles. The average molecular weight is 224 g/mol. The van der Waals surface area contributed by atoms with Gasteiger partial charge in [-0.3, -0.25) is 0 Å². The molecule has 1 N–H and O–H groups in total. The summed E-state index contributed by atoms with van der Waals surface area (Å²) in [6, 6.07) is 0. The molecular formula is C14H28N2. The van der Waals surface area contributed by atoms with Crippen LogP contribution in [-0.2, 0) is 0 Å². The summed E-state index contributed by atoms with van der Waals surface area (Å²) in [6.07, 6.45) is 5.69. The Balaban J connectivity index is 1.63. The first-order chi connectivity index (χ1) is 7.75. The first-order valence-corrected chi connectivity index (χ1v) is 7.19. The smallest absolute Gasteiger partial charge is 0.00126 e. The van der Waals surface area contributed by atoms with Gasteiger partial charge in [0.1, 0.15) is 0 Å². The van der Waals surface area contributed by atoms with Crippen LogP contribution in [-0.4, -0.2) is 37.6 Å². The lowest BCUT2D eigenvalue weighted by Crippen LogP contribution is -2.32. The standard InChI is InChI=1S/C14H28N2/c1-12(2)14-6-9-16(11-14)8-5-13-4-3-7-15-10-13/h12-15H,3-11H2,1-2H3. The first kappa shape index (κ1) is 12.4. The monoisotopic (exact) mass is 224 g/mol. The van der Waals surface area contributed by atoms with Gasteiger partial charge in [-0.1, -0.05) is 13.8 Å². The van der Waals surface area contributed by atoms with E-state index in [2.05, 4.69) is 24.1 Å². The van der Waals surface area contributed by atoms with Gasteiger partial charge in [-0.2, -0.15) is 0 Å². The van der Waals surface area contributed by atoms with Crippen LogP contribution in [0.15, 0.2) is 0 Å². The van der Waals surface area contributed by atoms with Crippen molar-refractivity contribution in [1.82, 2.24) is 10.2 Å². The molecule has 0 bridgehead atoms. The summed E-state index contributed by atoms with van der Waals surface area (Å²) in [5, 5.41) is 3.52. The molecule has 2 heterocycles. The third kappa shape index (κ3) is 3.46. The number of nitrogens with zero attached hydrogens (tertiary/aromatic N) is 1. The molecule has 2 saturated heterocycles. The van der Waals surface area contributed by atoms with E-state index in [1.807, 2.05) is 0 Å². The maximum Gasteiger partial charge on any atom is 0.00126 e. The lowest BCUT2D eigenvalue weighted by Gasteiger charge is -2.25. The Morgan fingerprint density at radius 3 is 2.81 bits per heavy atom. The molecule has 94 valence electrons. The minimum absolute atomic E-state index is 0.876. The van der Waals surface area contributed by atoms with Gasteiger partial charge in [0.25, 0.3) is 0 Å². The number of nitrogens with one attached hydrogen (secondary N) is 1. The molecule has 2 rings (SSSR count). The van der Waals surface area contributed by atoms with Crippen molar-refractivity contribution in [2.24, 2.45) is 17.8 Å². The largest absolute Gasteiger partial charge is 0.316 e. The molecule has 16 heavy (non-hydrogen) atoms. The zero-order chi connectivity index (χ0) is 11.4. The molecular weight excluding hydrogens is 196 g/mol. The Kier molecular flexibility index (Phi) is 4.66. The van der Waals surface area contributed by atoms with Crippen molar-refractivity contribution in [2.75, 3.05) is 32.7 Å². The Bertz CT molecular complexity index is 197. The molecule has 0 spiro atoms. The van der Waals surface area contributed by atoms with Crippen LogP contribution >= 0.6 is 0 Å². The molecule has 2 heteroatoms. The van der Waals surface area contributed by atoms with Gasteiger partial charge in [0, 0.05) is 6.54 Å². The number of likely N-dealkylation sites (tertiary alicyclic amines) is 1. The fourth-order valence-corrected chi connectivity index (χ4v) is 3.15. The summed E-state index contributed by atoms with van der Waals surface area (Å²) in [5.41, 5.74) is 0. The second kappa shape index (κ2) is 6.02. The quantitative estimate of drug-likeness (QED) is 0.788. The van der Waals surface area contributed by atoms with E-state index in [1.165, 1.54) is 58.4 Å². The van der Waals surface area contributed by atoms with Gasteiger partial charge in [-0.05, 0) is 69.6 Å². The topological polar surface area (TPSA) is 15.3 Å². The highest BCUT2D eigenvalue weighted by Crippen LogP contribution is 2.24. The fraction of sp³-hybridized carbons (Fsp3) is 1.00. The van der Waals surface area contributed by atoms with Crippen molar-refractivity contribution in [3.63, 3.8) is 0 Å². The Hall–Kier alpha value is -0.0800. The molecule has 0 saturated carbocycles. The second-order valence-electron chi connectivity index (χ2n) is 6.09. The van der Waals surface area contributed by atoms with Crippen molar-refractivity contribution in [3.8, 4) is 0 Å². The molecule has 2 unspecified atom stereocenters. The van der Waals surface area contributed by atoms with Crippen molar-refractivity contribution < 1.29 is 0 Å². The molecule has 2 atom stereocenters. The van der Waals surface area contributed by atoms with E-state index in [1.54, 1.807) is 0 Å². The molecule has 0 aromatic heterocycles. The van der Waals surface area contributed by atoms with E-state index < -0.39 is 0 Å². The predicted octanol–water partition coefficient (Wildman–Crippen LogP) is 2.35. The van der Waals surface area contributed by atoms with Gasteiger partial charge < -0.3 is 10.2 Å². The highest BCUT2D eigenvalue weighted by atomic mass is 15.1. The highest BCUT2D eigenvalue weighted by molar-refractivity contribution is 4.79. The van der Waals surface area contributed by atoms with Gasteiger partial charge >= 0.3 is 0 Å². The summed E-state index contributed by atoms with van der Waals surface area (Å²) in [4.78, 5) is 2.69. The number of piperidine rings is 1. The number of hydrogen-bond acceptors (Lipinski definition) is 2. The van der Waals surface area contributed by atoms with Gasteiger partial charge in [-0.25, -0.2) is 0 Å². The molecule has 0 amide bonds. The van der Waals surface area contributed by atoms with Gasteiger partial charge in [-0.15, -0.1) is 0 Å². The molecule has 0 aliphatic carbocycles. The van der Waals surface area contributed by atoms with Crippen LogP contribution in [0.25, 0.3) is 0 Å². The third-order valence-electron chi connectivity index (χ3n) is 4.50. The SMILES string of the molecule is CC(C)C1CCN(CCC2CCCNC2)C1. The predicted molar refractivity (Wildman–Crippen MR) is 69.6 cm³/mol. The van der Waals surface area contributed by atoms with E-state index in [-0.39, 0.29) is 0 Å². The van der Waals surface area contributed by atoms with Crippen LogP contribution in [0.4, 0.5) is 0 Å². The summed E-state index contributed by atoms with van der Waals surface area (Å²) in [6.45, 7) is 11.3. The van der Waals surface area contributed by atoms with Crippen LogP contribution in [0.3, 0.4) is 0 Å². The van der Waals surface area contributed by atoms with Crippen LogP contribution < -0.4 is 5.32 Å². The summed E-state index contributed by atoms with van der Waals surface area (Å²) in [7, 11) is 0. The van der Waals surface area contributed by atoms with Crippen molar-refractivity contribution >= 4 is 0 Å². The van der Waals surface area contributed by atoms with Crippen LogP contribution in [0.5, 0.6) is 0 Å². The number of rotatable bonds is 4. The molecule has 2 fully saturated rings. The minimum atomic E-state index is 0.876. The Morgan fingerprint density at radius 2 is 2.19 bits per heavy atom. The van der Waals surface area contributed by atoms with E-state index in [9.17, 15) is 0 Å². The lowest BCUT2D eigenvalue weighted by molar-refractivity contribution is 0.259. The van der Waals surface area contributed by atoms with Crippen molar-refractivity contribution in [2.45, 2.75) is 39.5 Å². The van der Waals surface area contributed by atoms with Crippen LogP contribution in [0, 0.1) is 17.8 Å². The van der Waals surface area contributed by atoms with Crippen molar-refractivity contribution in [3.05, 3.63) is 0 Å². The third-order valence-corrected chi connectivity index (χ3v) is 4.50. The maximum atomic E-state index is 3.52. The maximum absolute atomic E-state index is 3.52. The summed E-state index contributed by atoms with van der Waals surface area (Å²) in [5.74, 6) is 2.79. The van der Waals surface area contributed by atoms with Gasteiger partial charge in [0.15, 0.2) is 0 Å². The highest BCUT2D eigenvalue weighted by Gasteiger charge is 2.25. The van der Waals surface area contributed by atoms with Crippen molar-refractivity contribution in [1.29, 1.82) is 0 Å². The summed E-state index contributed by atoms with van der Waals surface area (Å²) < 4.78 is 0. The van der Waals surface area contributed by atoms with E-state index in [4.69, 9.17) is 0 Å². The second-order valence-corrected chi connectivity index (χ2v) is 6.09.